The summed E-state index contributed by atoms with van der Waals surface area (Å²) in [7, 11) is 0. The summed E-state index contributed by atoms with van der Waals surface area (Å²) in [5.41, 5.74) is 1.67. The maximum Gasteiger partial charge on any atom is 0.291 e. The van der Waals surface area contributed by atoms with Crippen molar-refractivity contribution in [2.45, 2.75) is 0 Å². The van der Waals surface area contributed by atoms with Gasteiger partial charge in [0.25, 0.3) is 11.8 Å². The van der Waals surface area contributed by atoms with Gasteiger partial charge >= 0.3 is 0 Å². The molecule has 0 saturated heterocycles. The molecule has 0 aliphatic carbocycles. The van der Waals surface area contributed by atoms with Crippen LogP contribution < -0.4 is 10.6 Å². The molecule has 2 N–H and O–H groups in total. The van der Waals surface area contributed by atoms with Gasteiger partial charge < -0.3 is 19.5 Å². The Morgan fingerprint density at radius 2 is 1.52 bits per heavy atom. The molecule has 7 heteroatoms. The number of para-hydroxylation sites is 1. The Morgan fingerprint density at radius 3 is 2.19 bits per heavy atom. The van der Waals surface area contributed by atoms with Gasteiger partial charge in [0, 0.05) is 16.8 Å². The molecule has 0 bridgehead atoms. The lowest BCUT2D eigenvalue weighted by molar-refractivity contribution is 0.0991. The van der Waals surface area contributed by atoms with Crippen molar-refractivity contribution < 1.29 is 18.4 Å². The molecule has 0 aliphatic rings. The monoisotopic (exact) mass is 424 g/mol. The van der Waals surface area contributed by atoms with E-state index in [9.17, 15) is 9.59 Å². The smallest absolute Gasteiger partial charge is 0.291 e. The highest BCUT2D eigenvalue weighted by molar-refractivity contribution is 9.10. The highest BCUT2D eigenvalue weighted by atomic mass is 79.9. The fraction of sp³-hybridized carbons (Fsp3) is 0. The summed E-state index contributed by atoms with van der Waals surface area (Å²) in [6, 6.07) is 17.3. The summed E-state index contributed by atoms with van der Waals surface area (Å²) < 4.78 is 11.5. The SMILES string of the molecule is O=C(Nc1cccc(NC(=O)c2cc3cccc(Br)c3o2)c1)c1ccco1. The van der Waals surface area contributed by atoms with E-state index >= 15 is 0 Å². The third-order valence-electron chi connectivity index (χ3n) is 3.84. The van der Waals surface area contributed by atoms with E-state index in [1.54, 1.807) is 42.5 Å². The number of carbonyl (C=O) groups is 2. The van der Waals surface area contributed by atoms with E-state index in [-0.39, 0.29) is 23.3 Å². The molecule has 2 aromatic carbocycles. The van der Waals surface area contributed by atoms with E-state index in [0.29, 0.717) is 17.0 Å². The molecule has 6 nitrogen and oxygen atoms in total. The lowest BCUT2D eigenvalue weighted by Gasteiger charge is -2.07. The van der Waals surface area contributed by atoms with Crippen molar-refractivity contribution in [3.8, 4) is 0 Å². The number of hydrogen-bond donors (Lipinski definition) is 2. The van der Waals surface area contributed by atoms with Crippen LogP contribution in [0.1, 0.15) is 21.1 Å². The second-order valence-corrected chi connectivity index (χ2v) is 6.59. The van der Waals surface area contributed by atoms with Gasteiger partial charge in [-0.05, 0) is 58.4 Å². The van der Waals surface area contributed by atoms with Gasteiger partial charge in [-0.3, -0.25) is 9.59 Å². The van der Waals surface area contributed by atoms with Gasteiger partial charge in [-0.2, -0.15) is 0 Å². The molecule has 0 atom stereocenters. The van der Waals surface area contributed by atoms with Crippen molar-refractivity contribution in [3.05, 3.63) is 82.9 Å². The Hall–Kier alpha value is -3.32. The lowest BCUT2D eigenvalue weighted by atomic mass is 10.2. The largest absolute Gasteiger partial charge is 0.459 e. The number of furan rings is 2. The first-order chi connectivity index (χ1) is 13.1. The van der Waals surface area contributed by atoms with Crippen molar-refractivity contribution in [1.82, 2.24) is 0 Å². The number of amides is 2. The fourth-order valence-corrected chi connectivity index (χ4v) is 3.07. The predicted molar refractivity (Wildman–Crippen MR) is 105 cm³/mol. The summed E-state index contributed by atoms with van der Waals surface area (Å²) >= 11 is 3.40. The minimum Gasteiger partial charge on any atom is -0.459 e. The Morgan fingerprint density at radius 1 is 0.815 bits per heavy atom. The van der Waals surface area contributed by atoms with Crippen LogP contribution in [0.4, 0.5) is 11.4 Å². The van der Waals surface area contributed by atoms with Crippen LogP contribution in [-0.4, -0.2) is 11.8 Å². The molecule has 0 unspecified atom stereocenters. The topological polar surface area (TPSA) is 84.5 Å². The van der Waals surface area contributed by atoms with Gasteiger partial charge in [-0.25, -0.2) is 0 Å². The molecule has 27 heavy (non-hydrogen) atoms. The third kappa shape index (κ3) is 3.63. The zero-order valence-corrected chi connectivity index (χ0v) is 15.4. The maximum absolute atomic E-state index is 12.5. The van der Waals surface area contributed by atoms with Gasteiger partial charge in [0.2, 0.25) is 0 Å². The van der Waals surface area contributed by atoms with Crippen LogP contribution in [0.25, 0.3) is 11.0 Å². The first-order valence-corrected chi connectivity index (χ1v) is 8.84. The number of rotatable bonds is 4. The minimum absolute atomic E-state index is 0.196. The standard InChI is InChI=1S/C20H13BrN2O4/c21-15-7-1-4-12-10-17(27-18(12)15)20(25)23-14-6-2-5-13(11-14)22-19(24)16-8-3-9-26-16/h1-11H,(H,22,24)(H,23,25). The molecular weight excluding hydrogens is 412 g/mol. The first-order valence-electron chi connectivity index (χ1n) is 8.04. The predicted octanol–water partition coefficient (Wildman–Crippen LogP) is 5.29. The van der Waals surface area contributed by atoms with E-state index < -0.39 is 0 Å². The molecule has 0 saturated carbocycles. The van der Waals surface area contributed by atoms with Gasteiger partial charge in [0.15, 0.2) is 11.5 Å². The van der Waals surface area contributed by atoms with Crippen molar-refractivity contribution in [2.24, 2.45) is 0 Å². The van der Waals surface area contributed by atoms with Crippen molar-refractivity contribution in [2.75, 3.05) is 10.6 Å². The van der Waals surface area contributed by atoms with Gasteiger partial charge in [-0.1, -0.05) is 18.2 Å². The number of halogens is 1. The molecule has 4 rings (SSSR count). The molecule has 2 aromatic heterocycles. The molecule has 4 aromatic rings. The number of benzene rings is 2. The van der Waals surface area contributed by atoms with Crippen LogP contribution in [0, 0.1) is 0 Å². The molecule has 2 heterocycles. The van der Waals surface area contributed by atoms with E-state index in [1.165, 1.54) is 6.26 Å². The normalized spacial score (nSPS) is 10.7. The van der Waals surface area contributed by atoms with Crippen LogP contribution in [0.2, 0.25) is 0 Å². The molecule has 134 valence electrons. The molecule has 0 fully saturated rings. The Labute approximate surface area is 162 Å². The zero-order chi connectivity index (χ0) is 18.8. The summed E-state index contributed by atoms with van der Waals surface area (Å²) in [5.74, 6) is -0.350. The highest BCUT2D eigenvalue weighted by Crippen LogP contribution is 2.27. The summed E-state index contributed by atoms with van der Waals surface area (Å²) in [6.07, 6.45) is 1.43. The summed E-state index contributed by atoms with van der Waals surface area (Å²) in [5, 5.41) is 6.31. The van der Waals surface area contributed by atoms with Gasteiger partial charge in [0.05, 0.1) is 10.7 Å². The molecule has 0 radical (unpaired) electrons. The highest BCUT2D eigenvalue weighted by Gasteiger charge is 2.15. The number of nitrogens with one attached hydrogen (secondary N) is 2. The Balaban J connectivity index is 1.51. The van der Waals surface area contributed by atoms with E-state index in [0.717, 1.165) is 9.86 Å². The fourth-order valence-electron chi connectivity index (χ4n) is 2.61. The van der Waals surface area contributed by atoms with Crippen molar-refractivity contribution in [1.29, 1.82) is 0 Å². The second kappa shape index (κ2) is 7.13. The lowest BCUT2D eigenvalue weighted by Crippen LogP contribution is -2.13. The second-order valence-electron chi connectivity index (χ2n) is 5.74. The number of anilines is 2. The summed E-state index contributed by atoms with van der Waals surface area (Å²) in [4.78, 5) is 24.5. The molecule has 2 amide bonds. The average Bonchev–Trinajstić information content (AvgIpc) is 3.32. The van der Waals surface area contributed by atoms with Crippen molar-refractivity contribution in [3.63, 3.8) is 0 Å². The van der Waals surface area contributed by atoms with Gasteiger partial charge in [-0.15, -0.1) is 0 Å². The molecular formula is C20H13BrN2O4. The first kappa shape index (κ1) is 17.1. The summed E-state index contributed by atoms with van der Waals surface area (Å²) in [6.45, 7) is 0. The maximum atomic E-state index is 12.5. The Kier molecular flexibility index (Phi) is 4.52. The van der Waals surface area contributed by atoms with Gasteiger partial charge in [0.1, 0.15) is 5.58 Å². The zero-order valence-electron chi connectivity index (χ0n) is 13.9. The number of hydrogen-bond acceptors (Lipinski definition) is 4. The number of fused-ring (bicyclic) bond motifs is 1. The van der Waals surface area contributed by atoms with Crippen LogP contribution in [0.5, 0.6) is 0 Å². The average molecular weight is 425 g/mol. The van der Waals surface area contributed by atoms with Crippen LogP contribution >= 0.6 is 15.9 Å². The van der Waals surface area contributed by atoms with E-state index in [4.69, 9.17) is 8.83 Å². The number of carbonyl (C=O) groups excluding carboxylic acids is 2. The van der Waals surface area contributed by atoms with E-state index in [1.807, 2.05) is 18.2 Å². The quantitative estimate of drug-likeness (QED) is 0.465. The minimum atomic E-state index is -0.382. The molecule has 0 spiro atoms. The van der Waals surface area contributed by atoms with Crippen molar-refractivity contribution >= 4 is 50.1 Å². The Bertz CT molecular complexity index is 1130. The van der Waals surface area contributed by atoms with Crippen LogP contribution in [-0.2, 0) is 0 Å². The third-order valence-corrected chi connectivity index (χ3v) is 4.47. The molecule has 0 aliphatic heterocycles. The van der Waals surface area contributed by atoms with E-state index in [2.05, 4.69) is 26.6 Å². The van der Waals surface area contributed by atoms with Crippen LogP contribution in [0.15, 0.2) is 80.2 Å². The van der Waals surface area contributed by atoms with Crippen LogP contribution in [0.3, 0.4) is 0 Å².